The molecule has 4 nitrogen and oxygen atoms in total. The van der Waals surface area contributed by atoms with E-state index in [0.29, 0.717) is 0 Å². The number of benzene rings is 1. The van der Waals surface area contributed by atoms with Crippen molar-refractivity contribution in [3.63, 3.8) is 0 Å². The maximum Gasteiger partial charge on any atom is 0.0946 e. The molecule has 0 atom stereocenters. The molecule has 3 aromatic rings. The maximum atomic E-state index is 4.09. The number of hydrogen-bond acceptors (Lipinski definition) is 2. The van der Waals surface area contributed by atoms with E-state index in [0.717, 1.165) is 26.2 Å². The zero-order chi connectivity index (χ0) is 14.5. The van der Waals surface area contributed by atoms with Gasteiger partial charge in [0.2, 0.25) is 0 Å². The Morgan fingerprint density at radius 2 is 2.10 bits per heavy atom. The highest BCUT2D eigenvalue weighted by molar-refractivity contribution is 5.80. The van der Waals surface area contributed by atoms with E-state index in [1.165, 1.54) is 22.9 Å². The van der Waals surface area contributed by atoms with Crippen molar-refractivity contribution in [2.45, 2.75) is 33.0 Å². The number of rotatable bonds is 7. The molecule has 2 aromatic heterocycles. The first-order chi connectivity index (χ1) is 10.4. The van der Waals surface area contributed by atoms with Gasteiger partial charge in [-0.15, -0.1) is 0 Å². The lowest BCUT2D eigenvalue weighted by Gasteiger charge is -2.08. The smallest absolute Gasteiger partial charge is 0.0946 e. The van der Waals surface area contributed by atoms with Gasteiger partial charge in [-0.3, -0.25) is 0 Å². The number of fused-ring (bicyclic) bond motifs is 1. The second kappa shape index (κ2) is 6.59. The largest absolute Gasteiger partial charge is 0.346 e. The van der Waals surface area contributed by atoms with Crippen LogP contribution >= 0.6 is 0 Å². The Morgan fingerprint density at radius 3 is 2.90 bits per heavy atom. The molecule has 110 valence electrons. The Hall–Kier alpha value is -2.07. The fraction of sp³-hybridized carbons (Fsp3) is 0.353. The molecule has 21 heavy (non-hydrogen) atoms. The van der Waals surface area contributed by atoms with E-state index >= 15 is 0 Å². The third kappa shape index (κ3) is 3.34. The summed E-state index contributed by atoms with van der Waals surface area (Å²) in [6, 6.07) is 8.91. The molecule has 0 aliphatic heterocycles. The summed E-state index contributed by atoms with van der Waals surface area (Å²) in [4.78, 5) is 4.09. The monoisotopic (exact) mass is 282 g/mol. The van der Waals surface area contributed by atoms with E-state index in [1.54, 1.807) is 0 Å². The van der Waals surface area contributed by atoms with Crippen LogP contribution in [0.25, 0.3) is 10.9 Å². The van der Waals surface area contributed by atoms with E-state index in [-0.39, 0.29) is 0 Å². The lowest BCUT2D eigenvalue weighted by molar-refractivity contribution is 0.591. The van der Waals surface area contributed by atoms with Gasteiger partial charge in [0, 0.05) is 43.7 Å². The molecule has 0 saturated heterocycles. The van der Waals surface area contributed by atoms with Crippen LogP contribution in [0.3, 0.4) is 0 Å². The molecular weight excluding hydrogens is 260 g/mol. The van der Waals surface area contributed by atoms with Crippen LogP contribution in [-0.2, 0) is 19.6 Å². The molecule has 0 fully saturated rings. The van der Waals surface area contributed by atoms with E-state index < -0.39 is 0 Å². The van der Waals surface area contributed by atoms with Crippen molar-refractivity contribution in [3.8, 4) is 0 Å². The molecule has 0 bridgehead atoms. The topological polar surface area (TPSA) is 34.8 Å². The Bertz CT molecular complexity index is 682. The molecule has 0 saturated carbocycles. The van der Waals surface area contributed by atoms with Crippen molar-refractivity contribution in [3.05, 3.63) is 54.7 Å². The third-order valence-corrected chi connectivity index (χ3v) is 3.75. The number of aryl methyl sites for hydroxylation is 2. The molecule has 0 amide bonds. The van der Waals surface area contributed by atoms with Crippen LogP contribution in [0, 0.1) is 0 Å². The zero-order valence-electron chi connectivity index (χ0n) is 12.5. The zero-order valence-corrected chi connectivity index (χ0v) is 12.5. The third-order valence-electron chi connectivity index (χ3n) is 3.75. The molecule has 0 aliphatic carbocycles. The number of nitrogens with zero attached hydrogens (tertiary/aromatic N) is 3. The van der Waals surface area contributed by atoms with Crippen molar-refractivity contribution in [1.29, 1.82) is 0 Å². The van der Waals surface area contributed by atoms with Gasteiger partial charge in [0.15, 0.2) is 0 Å². The highest BCUT2D eigenvalue weighted by atomic mass is 15.1. The number of aromatic nitrogens is 3. The van der Waals surface area contributed by atoms with Crippen molar-refractivity contribution in [2.24, 2.45) is 0 Å². The van der Waals surface area contributed by atoms with Crippen LogP contribution in [0.1, 0.15) is 18.9 Å². The average Bonchev–Trinajstić information content (AvgIpc) is 3.14. The summed E-state index contributed by atoms with van der Waals surface area (Å²) in [5, 5.41) is 4.77. The molecule has 2 heterocycles. The Kier molecular flexibility index (Phi) is 4.36. The van der Waals surface area contributed by atoms with Gasteiger partial charge in [-0.2, -0.15) is 0 Å². The van der Waals surface area contributed by atoms with E-state index in [1.807, 2.05) is 18.7 Å². The normalized spacial score (nSPS) is 11.3. The molecule has 0 radical (unpaired) electrons. The minimum Gasteiger partial charge on any atom is -0.346 e. The standard InChI is InChI=1S/C17H22N4/c1-2-6-18-13-15-3-4-16-5-8-21(17(16)12-15)11-10-20-9-7-19-14-20/h3-5,7-9,12,14,18H,2,6,10-11,13H2,1H3. The van der Waals surface area contributed by atoms with Crippen LogP contribution in [0.5, 0.6) is 0 Å². The van der Waals surface area contributed by atoms with Gasteiger partial charge >= 0.3 is 0 Å². The van der Waals surface area contributed by atoms with Crippen LogP contribution < -0.4 is 5.32 Å². The second-order valence-corrected chi connectivity index (χ2v) is 5.38. The lowest BCUT2D eigenvalue weighted by atomic mass is 10.1. The Labute approximate surface area is 125 Å². The summed E-state index contributed by atoms with van der Waals surface area (Å²) < 4.78 is 4.43. The van der Waals surface area contributed by atoms with E-state index in [9.17, 15) is 0 Å². The van der Waals surface area contributed by atoms with Gasteiger partial charge in [-0.05, 0) is 36.0 Å². The fourth-order valence-electron chi connectivity index (χ4n) is 2.59. The van der Waals surface area contributed by atoms with Crippen molar-refractivity contribution in [1.82, 2.24) is 19.4 Å². The molecular formula is C17H22N4. The first-order valence-electron chi connectivity index (χ1n) is 7.61. The van der Waals surface area contributed by atoms with Crippen molar-refractivity contribution >= 4 is 10.9 Å². The molecule has 0 unspecified atom stereocenters. The van der Waals surface area contributed by atoms with Gasteiger partial charge < -0.3 is 14.5 Å². The highest BCUT2D eigenvalue weighted by Crippen LogP contribution is 2.18. The molecule has 1 aromatic carbocycles. The summed E-state index contributed by atoms with van der Waals surface area (Å²) in [6.45, 7) is 6.11. The quantitative estimate of drug-likeness (QED) is 0.676. The van der Waals surface area contributed by atoms with Gasteiger partial charge in [0.05, 0.1) is 6.33 Å². The van der Waals surface area contributed by atoms with Crippen LogP contribution in [-0.4, -0.2) is 20.7 Å². The second-order valence-electron chi connectivity index (χ2n) is 5.38. The predicted octanol–water partition coefficient (Wildman–Crippen LogP) is 3.04. The molecule has 1 N–H and O–H groups in total. The van der Waals surface area contributed by atoms with E-state index in [2.05, 4.69) is 56.8 Å². The number of imidazole rings is 1. The molecule has 3 rings (SSSR count). The summed E-state index contributed by atoms with van der Waals surface area (Å²) in [5.41, 5.74) is 2.66. The summed E-state index contributed by atoms with van der Waals surface area (Å²) >= 11 is 0. The fourth-order valence-corrected chi connectivity index (χ4v) is 2.59. The number of nitrogens with one attached hydrogen (secondary N) is 1. The lowest BCUT2D eigenvalue weighted by Crippen LogP contribution is -2.13. The summed E-state index contributed by atoms with van der Waals surface area (Å²) in [7, 11) is 0. The summed E-state index contributed by atoms with van der Waals surface area (Å²) in [5.74, 6) is 0. The predicted molar refractivity (Wildman–Crippen MR) is 86.2 cm³/mol. The minimum atomic E-state index is 0.941. The van der Waals surface area contributed by atoms with Crippen LogP contribution in [0.4, 0.5) is 0 Å². The summed E-state index contributed by atoms with van der Waals surface area (Å²) in [6.07, 6.45) is 9.04. The Balaban J connectivity index is 1.74. The van der Waals surface area contributed by atoms with Gasteiger partial charge in [-0.25, -0.2) is 4.98 Å². The first kappa shape index (κ1) is 13.9. The molecule has 0 spiro atoms. The van der Waals surface area contributed by atoms with Gasteiger partial charge in [-0.1, -0.05) is 19.1 Å². The SMILES string of the molecule is CCCNCc1ccc2ccn(CCn3ccnc3)c2c1. The van der Waals surface area contributed by atoms with Crippen molar-refractivity contribution < 1.29 is 0 Å². The van der Waals surface area contributed by atoms with Crippen molar-refractivity contribution in [2.75, 3.05) is 6.54 Å². The number of hydrogen-bond donors (Lipinski definition) is 1. The average molecular weight is 282 g/mol. The highest BCUT2D eigenvalue weighted by Gasteiger charge is 2.03. The van der Waals surface area contributed by atoms with Crippen LogP contribution in [0.2, 0.25) is 0 Å². The molecule has 4 heteroatoms. The maximum absolute atomic E-state index is 4.09. The first-order valence-corrected chi connectivity index (χ1v) is 7.61. The molecule has 0 aliphatic rings. The Morgan fingerprint density at radius 1 is 1.14 bits per heavy atom. The van der Waals surface area contributed by atoms with Crippen LogP contribution in [0.15, 0.2) is 49.2 Å². The minimum absolute atomic E-state index is 0.941. The van der Waals surface area contributed by atoms with Gasteiger partial charge in [0.25, 0.3) is 0 Å². The van der Waals surface area contributed by atoms with E-state index in [4.69, 9.17) is 0 Å². The van der Waals surface area contributed by atoms with Gasteiger partial charge in [0.1, 0.15) is 0 Å².